The maximum Gasteiger partial charge on any atom is 0.427 e. The van der Waals surface area contributed by atoms with Gasteiger partial charge in [0.1, 0.15) is 0 Å². The number of aromatic nitrogens is 2. The summed E-state index contributed by atoms with van der Waals surface area (Å²) in [5, 5.41) is 0. The SMILES string of the molecule is CCOC(=O)N1CCc2c(cncc2C(=O)n2c(=O)oc3cc(N)ccc32)C1. The molecule has 9 nitrogen and oxygen atoms in total. The molecule has 1 amide bonds. The van der Waals surface area contributed by atoms with Crippen molar-refractivity contribution in [1.82, 2.24) is 14.5 Å². The zero-order chi connectivity index (χ0) is 19.8. The first kappa shape index (κ1) is 17.8. The van der Waals surface area contributed by atoms with Crippen LogP contribution >= 0.6 is 0 Å². The molecule has 4 rings (SSSR count). The Kier molecular flexibility index (Phi) is 4.34. The van der Waals surface area contributed by atoms with Gasteiger partial charge in [0.05, 0.1) is 24.2 Å². The summed E-state index contributed by atoms with van der Waals surface area (Å²) < 4.78 is 11.2. The number of nitrogens with zero attached hydrogens (tertiary/aromatic N) is 3. The Morgan fingerprint density at radius 2 is 2.14 bits per heavy atom. The molecule has 0 spiro atoms. The van der Waals surface area contributed by atoms with Crippen molar-refractivity contribution in [2.75, 3.05) is 18.9 Å². The molecule has 0 saturated heterocycles. The van der Waals surface area contributed by atoms with E-state index in [9.17, 15) is 14.4 Å². The summed E-state index contributed by atoms with van der Waals surface area (Å²) in [6.45, 7) is 2.74. The van der Waals surface area contributed by atoms with Crippen LogP contribution in [0.5, 0.6) is 0 Å². The highest BCUT2D eigenvalue weighted by molar-refractivity contribution is 6.02. The lowest BCUT2D eigenvalue weighted by Crippen LogP contribution is -2.37. The lowest BCUT2D eigenvalue weighted by molar-refractivity contribution is 0.0952. The van der Waals surface area contributed by atoms with Crippen LogP contribution in [0.3, 0.4) is 0 Å². The summed E-state index contributed by atoms with van der Waals surface area (Å²) in [7, 11) is 0. The normalized spacial score (nSPS) is 13.4. The largest absolute Gasteiger partial charge is 0.450 e. The van der Waals surface area contributed by atoms with Crippen molar-refractivity contribution in [3.05, 3.63) is 57.8 Å². The summed E-state index contributed by atoms with van der Waals surface area (Å²) in [4.78, 5) is 43.1. The predicted molar refractivity (Wildman–Crippen MR) is 100.0 cm³/mol. The van der Waals surface area contributed by atoms with E-state index < -0.39 is 17.8 Å². The fourth-order valence-electron chi connectivity index (χ4n) is 3.40. The third-order valence-corrected chi connectivity index (χ3v) is 4.70. The zero-order valence-electron chi connectivity index (χ0n) is 15.2. The fourth-order valence-corrected chi connectivity index (χ4v) is 3.40. The van der Waals surface area contributed by atoms with Gasteiger partial charge in [0.2, 0.25) is 0 Å². The van der Waals surface area contributed by atoms with Gasteiger partial charge in [0, 0.05) is 30.7 Å². The van der Waals surface area contributed by atoms with Crippen molar-refractivity contribution in [1.29, 1.82) is 0 Å². The number of fused-ring (bicyclic) bond motifs is 2. The summed E-state index contributed by atoms with van der Waals surface area (Å²) in [5.41, 5.74) is 8.54. The maximum atomic E-state index is 13.1. The number of ether oxygens (including phenoxy) is 1. The average molecular weight is 382 g/mol. The molecule has 0 atom stereocenters. The molecule has 1 aliphatic heterocycles. The van der Waals surface area contributed by atoms with Crippen LogP contribution in [0.4, 0.5) is 10.5 Å². The van der Waals surface area contributed by atoms with E-state index in [1.165, 1.54) is 12.3 Å². The van der Waals surface area contributed by atoms with E-state index in [-0.39, 0.29) is 5.58 Å². The molecule has 1 aliphatic rings. The zero-order valence-corrected chi connectivity index (χ0v) is 15.2. The number of oxazole rings is 1. The Morgan fingerprint density at radius 3 is 2.93 bits per heavy atom. The molecule has 0 saturated carbocycles. The second kappa shape index (κ2) is 6.84. The van der Waals surface area contributed by atoms with E-state index in [4.69, 9.17) is 14.9 Å². The van der Waals surface area contributed by atoms with Gasteiger partial charge in [-0.3, -0.25) is 9.78 Å². The van der Waals surface area contributed by atoms with Crippen LogP contribution in [0.2, 0.25) is 0 Å². The van der Waals surface area contributed by atoms with Crippen LogP contribution in [0, 0.1) is 0 Å². The number of rotatable bonds is 2. The van der Waals surface area contributed by atoms with Crippen molar-refractivity contribution in [2.45, 2.75) is 19.9 Å². The first-order chi connectivity index (χ1) is 13.5. The van der Waals surface area contributed by atoms with Crippen LogP contribution in [-0.2, 0) is 17.7 Å². The van der Waals surface area contributed by atoms with Crippen molar-refractivity contribution >= 4 is 28.8 Å². The van der Waals surface area contributed by atoms with E-state index in [2.05, 4.69) is 4.98 Å². The average Bonchev–Trinajstić information content (AvgIpc) is 3.01. The summed E-state index contributed by atoms with van der Waals surface area (Å²) in [6.07, 6.45) is 3.10. The third kappa shape index (κ3) is 2.90. The highest BCUT2D eigenvalue weighted by Gasteiger charge is 2.27. The monoisotopic (exact) mass is 382 g/mol. The van der Waals surface area contributed by atoms with Gasteiger partial charge in [0.25, 0.3) is 5.91 Å². The third-order valence-electron chi connectivity index (χ3n) is 4.70. The topological polar surface area (TPSA) is 121 Å². The number of nitrogen functional groups attached to an aromatic ring is 1. The Labute approximate surface area is 159 Å². The highest BCUT2D eigenvalue weighted by Crippen LogP contribution is 2.24. The second-order valence-electron chi connectivity index (χ2n) is 6.43. The van der Waals surface area contributed by atoms with Crippen molar-refractivity contribution in [3.63, 3.8) is 0 Å². The number of pyridine rings is 1. The van der Waals surface area contributed by atoms with Gasteiger partial charge in [-0.2, -0.15) is 0 Å². The predicted octanol–water partition coefficient (Wildman–Crippen LogP) is 1.77. The lowest BCUT2D eigenvalue weighted by atomic mass is 9.97. The minimum Gasteiger partial charge on any atom is -0.450 e. The lowest BCUT2D eigenvalue weighted by Gasteiger charge is -2.28. The molecule has 2 aromatic heterocycles. The highest BCUT2D eigenvalue weighted by atomic mass is 16.6. The van der Waals surface area contributed by atoms with E-state index in [1.54, 1.807) is 30.2 Å². The Morgan fingerprint density at radius 1 is 1.32 bits per heavy atom. The number of nitrogens with two attached hydrogens (primary N) is 1. The van der Waals surface area contributed by atoms with Gasteiger partial charge in [0.15, 0.2) is 5.58 Å². The maximum absolute atomic E-state index is 13.1. The van der Waals surface area contributed by atoms with Gasteiger partial charge in [-0.1, -0.05) is 0 Å². The first-order valence-corrected chi connectivity index (χ1v) is 8.82. The molecule has 28 heavy (non-hydrogen) atoms. The quantitative estimate of drug-likeness (QED) is 0.671. The van der Waals surface area contributed by atoms with E-state index in [0.29, 0.717) is 42.9 Å². The molecular weight excluding hydrogens is 364 g/mol. The molecule has 0 radical (unpaired) electrons. The van der Waals surface area contributed by atoms with Crippen LogP contribution in [-0.4, -0.2) is 39.6 Å². The number of anilines is 1. The Bertz CT molecular complexity index is 1150. The first-order valence-electron chi connectivity index (χ1n) is 8.82. The van der Waals surface area contributed by atoms with E-state index in [1.807, 2.05) is 0 Å². The van der Waals surface area contributed by atoms with Gasteiger partial charge in [-0.15, -0.1) is 0 Å². The molecule has 0 unspecified atom stereocenters. The van der Waals surface area contributed by atoms with Crippen molar-refractivity contribution in [2.24, 2.45) is 0 Å². The van der Waals surface area contributed by atoms with Gasteiger partial charge in [-0.05, 0) is 36.6 Å². The fraction of sp³-hybridized carbons (Fsp3) is 0.263. The number of carbonyl (C=O) groups is 2. The molecular formula is C19H18N4O5. The van der Waals surface area contributed by atoms with Gasteiger partial charge in [-0.25, -0.2) is 14.2 Å². The van der Waals surface area contributed by atoms with E-state index in [0.717, 1.165) is 15.7 Å². The van der Waals surface area contributed by atoms with Crippen LogP contribution < -0.4 is 11.5 Å². The molecule has 0 fully saturated rings. The van der Waals surface area contributed by atoms with E-state index >= 15 is 0 Å². The van der Waals surface area contributed by atoms with Gasteiger partial charge < -0.3 is 19.8 Å². The molecule has 144 valence electrons. The van der Waals surface area contributed by atoms with Gasteiger partial charge >= 0.3 is 11.8 Å². The molecule has 3 aromatic rings. The molecule has 9 heteroatoms. The molecule has 0 aliphatic carbocycles. The Balaban J connectivity index is 1.73. The number of benzene rings is 1. The minimum absolute atomic E-state index is 0.240. The molecule has 3 heterocycles. The molecule has 1 aromatic carbocycles. The second-order valence-corrected chi connectivity index (χ2v) is 6.43. The number of amides is 1. The number of carbonyl (C=O) groups excluding carboxylic acids is 2. The summed E-state index contributed by atoms with van der Waals surface area (Å²) in [5.74, 6) is -1.31. The molecule has 0 bridgehead atoms. The minimum atomic E-state index is -0.785. The van der Waals surface area contributed by atoms with Crippen LogP contribution in [0.25, 0.3) is 11.1 Å². The molecule has 2 N–H and O–H groups in total. The van der Waals surface area contributed by atoms with Crippen molar-refractivity contribution < 1.29 is 18.7 Å². The van der Waals surface area contributed by atoms with Crippen LogP contribution in [0.15, 0.2) is 39.8 Å². The van der Waals surface area contributed by atoms with Crippen LogP contribution in [0.1, 0.15) is 28.4 Å². The Hall–Kier alpha value is -3.62. The standard InChI is InChI=1S/C19H18N4O5/c1-2-27-18(25)22-6-5-13-11(10-22)8-21-9-14(13)17(24)23-15-4-3-12(20)7-16(15)28-19(23)26/h3-4,7-9H,2,5-6,10,20H2,1H3. The summed E-state index contributed by atoms with van der Waals surface area (Å²) >= 11 is 0. The number of hydrogen-bond acceptors (Lipinski definition) is 7. The van der Waals surface area contributed by atoms with Crippen molar-refractivity contribution in [3.8, 4) is 0 Å². The number of hydrogen-bond donors (Lipinski definition) is 1. The summed E-state index contributed by atoms with van der Waals surface area (Å²) in [6, 6.07) is 4.66. The smallest absolute Gasteiger partial charge is 0.427 e.